The number of rotatable bonds is 3. The second-order valence-electron chi connectivity index (χ2n) is 4.03. The monoisotopic (exact) mass is 269 g/mol. The third-order valence-corrected chi connectivity index (χ3v) is 3.66. The molecular formula is C11H15N3O3S. The van der Waals surface area contributed by atoms with Gasteiger partial charge in [-0.1, -0.05) is 6.07 Å². The first-order valence-corrected chi connectivity index (χ1v) is 6.56. The van der Waals surface area contributed by atoms with Gasteiger partial charge in [0, 0.05) is 24.5 Å². The Morgan fingerprint density at radius 2 is 2.44 bits per heavy atom. The molecule has 2 heterocycles. The molecule has 3 N–H and O–H groups in total. The Bertz CT molecular complexity index is 421. The molecule has 1 aromatic rings. The van der Waals surface area contributed by atoms with Crippen LogP contribution in [0.4, 0.5) is 4.79 Å². The van der Waals surface area contributed by atoms with Crippen molar-refractivity contribution in [1.29, 1.82) is 0 Å². The van der Waals surface area contributed by atoms with E-state index in [4.69, 9.17) is 5.11 Å². The minimum atomic E-state index is -0.979. The van der Waals surface area contributed by atoms with E-state index in [1.807, 2.05) is 17.5 Å². The minimum Gasteiger partial charge on any atom is -0.465 e. The topological polar surface area (TPSA) is 81.7 Å². The quantitative estimate of drug-likeness (QED) is 0.738. The Morgan fingerprint density at radius 3 is 3.11 bits per heavy atom. The van der Waals surface area contributed by atoms with Crippen LogP contribution in [-0.4, -0.2) is 47.7 Å². The van der Waals surface area contributed by atoms with Crippen molar-refractivity contribution < 1.29 is 14.7 Å². The summed E-state index contributed by atoms with van der Waals surface area (Å²) in [5.41, 5.74) is 0. The molecule has 0 spiro atoms. The molecule has 2 rings (SSSR count). The summed E-state index contributed by atoms with van der Waals surface area (Å²) in [6.45, 7) is 1.61. The van der Waals surface area contributed by atoms with Crippen molar-refractivity contribution in [3.63, 3.8) is 0 Å². The van der Waals surface area contributed by atoms with Gasteiger partial charge in [-0.3, -0.25) is 4.79 Å². The summed E-state index contributed by atoms with van der Waals surface area (Å²) < 4.78 is 0. The molecule has 1 saturated heterocycles. The highest BCUT2D eigenvalue weighted by Crippen LogP contribution is 2.08. The van der Waals surface area contributed by atoms with Gasteiger partial charge in [-0.05, 0) is 11.4 Å². The molecule has 0 aliphatic carbocycles. The molecule has 0 radical (unpaired) electrons. The highest BCUT2D eigenvalue weighted by molar-refractivity contribution is 7.09. The van der Waals surface area contributed by atoms with E-state index in [2.05, 4.69) is 10.6 Å². The number of thiophene rings is 1. The van der Waals surface area contributed by atoms with Gasteiger partial charge in [-0.2, -0.15) is 0 Å². The van der Waals surface area contributed by atoms with Crippen LogP contribution >= 0.6 is 11.3 Å². The summed E-state index contributed by atoms with van der Waals surface area (Å²) in [4.78, 5) is 25.0. The SMILES string of the molecule is O=C(NCc1cccs1)[C@@H]1CN(C(=O)O)CCN1. The van der Waals surface area contributed by atoms with Crippen LogP contribution in [0.25, 0.3) is 0 Å². The number of hydrogen-bond donors (Lipinski definition) is 3. The molecule has 0 unspecified atom stereocenters. The van der Waals surface area contributed by atoms with Crippen molar-refractivity contribution in [3.8, 4) is 0 Å². The summed E-state index contributed by atoms with van der Waals surface area (Å²) in [7, 11) is 0. The van der Waals surface area contributed by atoms with Crippen molar-refractivity contribution in [2.75, 3.05) is 19.6 Å². The van der Waals surface area contributed by atoms with Crippen LogP contribution < -0.4 is 10.6 Å². The molecule has 0 saturated carbocycles. The molecule has 98 valence electrons. The molecule has 1 atom stereocenters. The highest BCUT2D eigenvalue weighted by atomic mass is 32.1. The molecule has 2 amide bonds. The highest BCUT2D eigenvalue weighted by Gasteiger charge is 2.27. The number of hydrogen-bond acceptors (Lipinski definition) is 4. The van der Waals surface area contributed by atoms with Crippen LogP contribution in [0.1, 0.15) is 4.88 Å². The van der Waals surface area contributed by atoms with Crippen LogP contribution in [0, 0.1) is 0 Å². The van der Waals surface area contributed by atoms with Crippen LogP contribution in [0.3, 0.4) is 0 Å². The molecule has 1 fully saturated rings. The zero-order valence-corrected chi connectivity index (χ0v) is 10.6. The van der Waals surface area contributed by atoms with Gasteiger partial charge >= 0.3 is 6.09 Å². The van der Waals surface area contributed by atoms with E-state index in [-0.39, 0.29) is 12.5 Å². The lowest BCUT2D eigenvalue weighted by Gasteiger charge is -2.30. The van der Waals surface area contributed by atoms with Gasteiger partial charge in [0.1, 0.15) is 6.04 Å². The maximum absolute atomic E-state index is 11.9. The second kappa shape index (κ2) is 5.83. The van der Waals surface area contributed by atoms with Gasteiger partial charge in [0.2, 0.25) is 5.91 Å². The maximum Gasteiger partial charge on any atom is 0.407 e. The first-order chi connectivity index (χ1) is 8.66. The summed E-state index contributed by atoms with van der Waals surface area (Å²) in [5.74, 6) is -0.158. The van der Waals surface area contributed by atoms with Gasteiger partial charge in [-0.25, -0.2) is 4.79 Å². The van der Waals surface area contributed by atoms with Crippen LogP contribution in [-0.2, 0) is 11.3 Å². The van der Waals surface area contributed by atoms with E-state index in [0.29, 0.717) is 19.6 Å². The molecule has 18 heavy (non-hydrogen) atoms. The lowest BCUT2D eigenvalue weighted by atomic mass is 10.2. The molecule has 7 heteroatoms. The first-order valence-electron chi connectivity index (χ1n) is 5.68. The number of carboxylic acid groups (broad SMARTS) is 1. The average Bonchev–Trinajstić information content (AvgIpc) is 2.89. The summed E-state index contributed by atoms with van der Waals surface area (Å²) in [6.07, 6.45) is -0.979. The molecule has 1 aromatic heterocycles. The lowest BCUT2D eigenvalue weighted by Crippen LogP contribution is -2.58. The molecule has 6 nitrogen and oxygen atoms in total. The van der Waals surface area contributed by atoms with E-state index >= 15 is 0 Å². The van der Waals surface area contributed by atoms with Crippen LogP contribution in [0.2, 0.25) is 0 Å². The van der Waals surface area contributed by atoms with Gasteiger partial charge in [0.25, 0.3) is 0 Å². The van der Waals surface area contributed by atoms with Gasteiger partial charge < -0.3 is 20.6 Å². The van der Waals surface area contributed by atoms with Crippen molar-refractivity contribution in [3.05, 3.63) is 22.4 Å². The van der Waals surface area contributed by atoms with Gasteiger partial charge in [0.05, 0.1) is 6.54 Å². The van der Waals surface area contributed by atoms with Gasteiger partial charge in [0.15, 0.2) is 0 Å². The van der Waals surface area contributed by atoms with Crippen molar-refractivity contribution >= 4 is 23.3 Å². The standard InChI is InChI=1S/C11H15N3O3S/c15-10(13-6-8-2-1-5-18-8)9-7-14(11(16)17)4-3-12-9/h1-2,5,9,12H,3-4,6-7H2,(H,13,15)(H,16,17)/t9-/m0/s1. The number of nitrogens with zero attached hydrogens (tertiary/aromatic N) is 1. The number of amides is 2. The average molecular weight is 269 g/mol. The van der Waals surface area contributed by atoms with Crippen molar-refractivity contribution in [1.82, 2.24) is 15.5 Å². The molecule has 1 aliphatic heterocycles. The lowest BCUT2D eigenvalue weighted by molar-refractivity contribution is -0.124. The van der Waals surface area contributed by atoms with E-state index in [0.717, 1.165) is 4.88 Å². The predicted octanol–water partition coefficient (Wildman–Crippen LogP) is 0.316. The molecular weight excluding hydrogens is 254 g/mol. The Labute approximate surface area is 109 Å². The number of piperazine rings is 1. The first kappa shape index (κ1) is 12.8. The summed E-state index contributed by atoms with van der Waals surface area (Å²) in [5, 5.41) is 16.7. The Hall–Kier alpha value is -1.60. The number of nitrogens with one attached hydrogen (secondary N) is 2. The largest absolute Gasteiger partial charge is 0.465 e. The molecule has 1 aliphatic rings. The fourth-order valence-electron chi connectivity index (χ4n) is 1.81. The van der Waals surface area contributed by atoms with E-state index < -0.39 is 12.1 Å². The minimum absolute atomic E-state index is 0.158. The van der Waals surface area contributed by atoms with Crippen LogP contribution in [0.15, 0.2) is 17.5 Å². The smallest absolute Gasteiger partial charge is 0.407 e. The summed E-state index contributed by atoms with van der Waals surface area (Å²) >= 11 is 1.58. The van der Waals surface area contributed by atoms with Crippen molar-refractivity contribution in [2.45, 2.75) is 12.6 Å². The molecule has 0 aromatic carbocycles. The third-order valence-electron chi connectivity index (χ3n) is 2.78. The fraction of sp³-hybridized carbons (Fsp3) is 0.455. The van der Waals surface area contributed by atoms with Crippen LogP contribution in [0.5, 0.6) is 0 Å². The van der Waals surface area contributed by atoms with Gasteiger partial charge in [-0.15, -0.1) is 11.3 Å². The predicted molar refractivity (Wildman–Crippen MR) is 67.6 cm³/mol. The normalized spacial score (nSPS) is 19.6. The Balaban J connectivity index is 1.83. The number of carbonyl (C=O) groups is 2. The fourth-order valence-corrected chi connectivity index (χ4v) is 2.45. The zero-order chi connectivity index (χ0) is 13.0. The Kier molecular flexibility index (Phi) is 4.16. The number of carbonyl (C=O) groups excluding carboxylic acids is 1. The molecule has 0 bridgehead atoms. The second-order valence-corrected chi connectivity index (χ2v) is 5.06. The van der Waals surface area contributed by atoms with E-state index in [1.54, 1.807) is 11.3 Å². The maximum atomic E-state index is 11.9. The summed E-state index contributed by atoms with van der Waals surface area (Å²) in [6, 6.07) is 3.41. The van der Waals surface area contributed by atoms with E-state index in [1.165, 1.54) is 4.90 Å². The Morgan fingerprint density at radius 1 is 1.61 bits per heavy atom. The zero-order valence-electron chi connectivity index (χ0n) is 9.76. The van der Waals surface area contributed by atoms with Crippen molar-refractivity contribution in [2.24, 2.45) is 0 Å². The third kappa shape index (κ3) is 3.21. The van der Waals surface area contributed by atoms with E-state index in [9.17, 15) is 9.59 Å².